The third kappa shape index (κ3) is 1.12. The van der Waals surface area contributed by atoms with Gasteiger partial charge in [0, 0.05) is 5.38 Å². The third-order valence-electron chi connectivity index (χ3n) is 1.31. The molecule has 0 aliphatic carbocycles. The predicted octanol–water partition coefficient (Wildman–Crippen LogP) is 1.70. The van der Waals surface area contributed by atoms with Gasteiger partial charge in [-0.3, -0.25) is 4.79 Å². The number of hydrogen-bond acceptors (Lipinski definition) is 3. The van der Waals surface area contributed by atoms with Crippen molar-refractivity contribution < 1.29 is 4.42 Å². The molecule has 4 heteroatoms. The minimum absolute atomic E-state index is 0.0589. The molecule has 0 saturated heterocycles. The topological polar surface area (TPSA) is 46.0 Å². The molecule has 2 heterocycles. The summed E-state index contributed by atoms with van der Waals surface area (Å²) in [5.74, 6) is 0.698. The Balaban J connectivity index is 2.53. The van der Waals surface area contributed by atoms with Gasteiger partial charge in [0.1, 0.15) is 0 Å². The van der Waals surface area contributed by atoms with Crippen LogP contribution in [0, 0.1) is 0 Å². The monoisotopic (exact) mass is 167 g/mol. The lowest BCUT2D eigenvalue weighted by Crippen LogP contribution is -1.91. The van der Waals surface area contributed by atoms with Gasteiger partial charge in [0.05, 0.1) is 12.0 Å². The number of aromatic nitrogens is 1. The van der Waals surface area contributed by atoms with Crippen LogP contribution in [0.2, 0.25) is 0 Å². The van der Waals surface area contributed by atoms with Crippen LogP contribution in [0.5, 0.6) is 0 Å². The van der Waals surface area contributed by atoms with Crippen molar-refractivity contribution in [2.24, 2.45) is 0 Å². The maximum atomic E-state index is 10.7. The van der Waals surface area contributed by atoms with Crippen molar-refractivity contribution in [3.05, 3.63) is 33.4 Å². The van der Waals surface area contributed by atoms with Gasteiger partial charge in [0.15, 0.2) is 5.76 Å². The Morgan fingerprint density at radius 2 is 2.45 bits per heavy atom. The van der Waals surface area contributed by atoms with E-state index in [1.165, 1.54) is 0 Å². The second-order valence-electron chi connectivity index (χ2n) is 2.04. The van der Waals surface area contributed by atoms with Gasteiger partial charge in [-0.05, 0) is 12.1 Å². The van der Waals surface area contributed by atoms with E-state index in [2.05, 4.69) is 4.98 Å². The van der Waals surface area contributed by atoms with Gasteiger partial charge in [-0.25, -0.2) is 0 Å². The molecule has 0 fully saturated rings. The van der Waals surface area contributed by atoms with Crippen LogP contribution in [-0.2, 0) is 0 Å². The van der Waals surface area contributed by atoms with Gasteiger partial charge in [0.25, 0.3) is 0 Å². The Morgan fingerprint density at radius 1 is 1.55 bits per heavy atom. The zero-order valence-electron chi connectivity index (χ0n) is 5.53. The fraction of sp³-hybridized carbons (Fsp3) is 0. The zero-order valence-corrected chi connectivity index (χ0v) is 6.35. The number of H-pyrrole nitrogens is 1. The molecular formula is C7H5NO2S. The van der Waals surface area contributed by atoms with E-state index in [9.17, 15) is 4.79 Å². The van der Waals surface area contributed by atoms with Crippen LogP contribution >= 0.6 is 11.3 Å². The summed E-state index contributed by atoms with van der Waals surface area (Å²) in [6.45, 7) is 0. The molecule has 0 spiro atoms. The minimum Gasteiger partial charge on any atom is -0.463 e. The van der Waals surface area contributed by atoms with E-state index < -0.39 is 0 Å². The van der Waals surface area contributed by atoms with Gasteiger partial charge in [0.2, 0.25) is 0 Å². The lowest BCUT2D eigenvalue weighted by Gasteiger charge is -1.85. The largest absolute Gasteiger partial charge is 0.463 e. The van der Waals surface area contributed by atoms with E-state index in [1.54, 1.807) is 23.8 Å². The summed E-state index contributed by atoms with van der Waals surface area (Å²) in [5, 5.41) is 1.74. The molecule has 0 saturated carbocycles. The van der Waals surface area contributed by atoms with Crippen molar-refractivity contribution in [1.82, 2.24) is 4.98 Å². The van der Waals surface area contributed by atoms with Crippen LogP contribution in [0.25, 0.3) is 11.5 Å². The summed E-state index contributed by atoms with van der Waals surface area (Å²) in [6, 6.07) is 3.59. The summed E-state index contributed by atoms with van der Waals surface area (Å²) in [5.41, 5.74) is 0.741. The zero-order chi connectivity index (χ0) is 7.68. The first kappa shape index (κ1) is 6.42. The smallest absolute Gasteiger partial charge is 0.305 e. The SMILES string of the molecule is O=c1[nH]c(-c2ccco2)cs1. The van der Waals surface area contributed by atoms with E-state index in [-0.39, 0.29) is 4.87 Å². The normalized spacial score (nSPS) is 10.2. The lowest BCUT2D eigenvalue weighted by molar-refractivity contribution is 0.580. The van der Waals surface area contributed by atoms with E-state index in [0.29, 0.717) is 5.76 Å². The van der Waals surface area contributed by atoms with Gasteiger partial charge < -0.3 is 9.40 Å². The maximum absolute atomic E-state index is 10.7. The van der Waals surface area contributed by atoms with Crippen LogP contribution in [-0.4, -0.2) is 4.98 Å². The maximum Gasteiger partial charge on any atom is 0.305 e. The highest BCUT2D eigenvalue weighted by atomic mass is 32.1. The first-order valence-corrected chi connectivity index (χ1v) is 3.96. The Labute approximate surface area is 66.3 Å². The molecule has 2 aromatic rings. The fourth-order valence-electron chi connectivity index (χ4n) is 0.833. The Morgan fingerprint density at radius 3 is 3.00 bits per heavy atom. The van der Waals surface area contributed by atoms with Crippen molar-refractivity contribution in [3.63, 3.8) is 0 Å². The molecule has 11 heavy (non-hydrogen) atoms. The van der Waals surface area contributed by atoms with Gasteiger partial charge in [-0.2, -0.15) is 0 Å². The summed E-state index contributed by atoms with van der Waals surface area (Å²) >= 11 is 1.13. The van der Waals surface area contributed by atoms with Crippen LogP contribution in [0.1, 0.15) is 0 Å². The average molecular weight is 167 g/mol. The van der Waals surface area contributed by atoms with Gasteiger partial charge in [-0.15, -0.1) is 0 Å². The number of furan rings is 1. The summed E-state index contributed by atoms with van der Waals surface area (Å²) in [7, 11) is 0. The van der Waals surface area contributed by atoms with E-state index >= 15 is 0 Å². The summed E-state index contributed by atoms with van der Waals surface area (Å²) in [6.07, 6.45) is 1.57. The number of hydrogen-bond donors (Lipinski definition) is 1. The van der Waals surface area contributed by atoms with Crippen LogP contribution in [0.4, 0.5) is 0 Å². The van der Waals surface area contributed by atoms with Crippen molar-refractivity contribution in [2.45, 2.75) is 0 Å². The molecular weight excluding hydrogens is 162 g/mol. The number of nitrogens with one attached hydrogen (secondary N) is 1. The summed E-state index contributed by atoms with van der Waals surface area (Å²) < 4.78 is 5.07. The van der Waals surface area contributed by atoms with E-state index in [4.69, 9.17) is 4.42 Å². The standard InChI is InChI=1S/C7H5NO2S/c9-7-8-5(4-11-7)6-2-1-3-10-6/h1-4H,(H,8,9). The molecule has 0 aliphatic rings. The number of thiazole rings is 1. The minimum atomic E-state index is -0.0589. The molecule has 0 radical (unpaired) electrons. The van der Waals surface area contributed by atoms with Gasteiger partial charge in [-0.1, -0.05) is 11.3 Å². The number of aromatic amines is 1. The van der Waals surface area contributed by atoms with Crippen molar-refractivity contribution in [2.75, 3.05) is 0 Å². The fourth-order valence-corrected chi connectivity index (χ4v) is 1.40. The van der Waals surface area contributed by atoms with Crippen molar-refractivity contribution >= 4 is 11.3 Å². The molecule has 0 bridgehead atoms. The molecule has 2 aromatic heterocycles. The Hall–Kier alpha value is -1.29. The quantitative estimate of drug-likeness (QED) is 0.702. The molecule has 0 amide bonds. The van der Waals surface area contributed by atoms with E-state index in [0.717, 1.165) is 17.0 Å². The van der Waals surface area contributed by atoms with Crippen molar-refractivity contribution in [1.29, 1.82) is 0 Å². The van der Waals surface area contributed by atoms with Crippen LogP contribution in [0.3, 0.4) is 0 Å². The highest BCUT2D eigenvalue weighted by molar-refractivity contribution is 7.07. The molecule has 2 rings (SSSR count). The first-order chi connectivity index (χ1) is 5.36. The van der Waals surface area contributed by atoms with Gasteiger partial charge >= 0.3 is 4.87 Å². The third-order valence-corrected chi connectivity index (χ3v) is 1.98. The second-order valence-corrected chi connectivity index (χ2v) is 2.88. The lowest BCUT2D eigenvalue weighted by atomic mass is 10.4. The molecule has 0 aliphatic heterocycles. The molecule has 56 valence electrons. The van der Waals surface area contributed by atoms with E-state index in [1.807, 2.05) is 0 Å². The predicted molar refractivity (Wildman–Crippen MR) is 42.6 cm³/mol. The molecule has 0 unspecified atom stereocenters. The van der Waals surface area contributed by atoms with Crippen LogP contribution in [0.15, 0.2) is 33.0 Å². The average Bonchev–Trinajstić information content (AvgIpc) is 2.55. The highest BCUT2D eigenvalue weighted by Gasteiger charge is 2.01. The second kappa shape index (κ2) is 2.39. The highest BCUT2D eigenvalue weighted by Crippen LogP contribution is 2.16. The summed E-state index contributed by atoms with van der Waals surface area (Å²) in [4.78, 5) is 13.3. The Bertz CT molecular complexity index is 384. The Kier molecular flexibility index (Phi) is 1.40. The van der Waals surface area contributed by atoms with Crippen LogP contribution < -0.4 is 4.87 Å². The molecule has 0 aromatic carbocycles. The molecule has 1 N–H and O–H groups in total. The molecule has 0 atom stereocenters. The number of rotatable bonds is 1. The van der Waals surface area contributed by atoms with Crippen molar-refractivity contribution in [3.8, 4) is 11.5 Å². The first-order valence-electron chi connectivity index (χ1n) is 3.08. The molecule has 3 nitrogen and oxygen atoms in total.